The molecule has 0 radical (unpaired) electrons. The number of aryl methyl sites for hydroxylation is 1. The van der Waals surface area contributed by atoms with Gasteiger partial charge < -0.3 is 10.3 Å². The Hall–Kier alpha value is -2.41. The van der Waals surface area contributed by atoms with Crippen LogP contribution in [0.2, 0.25) is 0 Å². The number of aromatic nitrogens is 3. The first-order chi connectivity index (χ1) is 11.4. The maximum Gasteiger partial charge on any atom is 0.161 e. The van der Waals surface area contributed by atoms with E-state index in [1.165, 1.54) is 0 Å². The van der Waals surface area contributed by atoms with Crippen LogP contribution in [0, 0.1) is 24.4 Å². The highest BCUT2D eigenvalue weighted by molar-refractivity contribution is 5.75. The molecule has 0 fully saturated rings. The molecule has 24 heavy (non-hydrogen) atoms. The Morgan fingerprint density at radius 2 is 1.88 bits per heavy atom. The van der Waals surface area contributed by atoms with Crippen LogP contribution in [0.25, 0.3) is 11.0 Å². The van der Waals surface area contributed by atoms with Gasteiger partial charge in [0.05, 0.1) is 11.7 Å². The van der Waals surface area contributed by atoms with Gasteiger partial charge in [0.2, 0.25) is 0 Å². The number of rotatable bonds is 1. The molecule has 0 aliphatic carbocycles. The molecule has 0 bridgehead atoms. The number of halogens is 3. The van der Waals surface area contributed by atoms with Crippen molar-refractivity contribution in [2.75, 3.05) is 0 Å². The molecule has 1 aromatic carbocycles. The fourth-order valence-electron chi connectivity index (χ4n) is 3.39. The van der Waals surface area contributed by atoms with Gasteiger partial charge in [-0.15, -0.1) is 0 Å². The SMILES string of the molecule is Cc1cc2c(cn1)nc1n2CC(N)[C@@H](c2cc(F)c(F)cc2F)C1. The minimum atomic E-state index is -1.20. The monoisotopic (exact) mass is 332 g/mol. The highest BCUT2D eigenvalue weighted by atomic mass is 19.2. The van der Waals surface area contributed by atoms with Gasteiger partial charge in [0.15, 0.2) is 11.6 Å². The number of fused-ring (bicyclic) bond motifs is 3. The van der Waals surface area contributed by atoms with Crippen molar-refractivity contribution in [3.63, 3.8) is 0 Å². The lowest BCUT2D eigenvalue weighted by Crippen LogP contribution is -2.39. The maximum absolute atomic E-state index is 14.1. The van der Waals surface area contributed by atoms with E-state index >= 15 is 0 Å². The Morgan fingerprint density at radius 3 is 2.67 bits per heavy atom. The van der Waals surface area contributed by atoms with E-state index in [-0.39, 0.29) is 5.56 Å². The number of hydrogen-bond donors (Lipinski definition) is 1. The zero-order valence-corrected chi connectivity index (χ0v) is 12.9. The van der Waals surface area contributed by atoms with Gasteiger partial charge in [0.25, 0.3) is 0 Å². The molecule has 2 atom stereocenters. The van der Waals surface area contributed by atoms with Crippen molar-refractivity contribution in [3.05, 3.63) is 58.9 Å². The van der Waals surface area contributed by atoms with E-state index in [1.54, 1.807) is 6.20 Å². The van der Waals surface area contributed by atoms with E-state index in [1.807, 2.05) is 17.6 Å². The van der Waals surface area contributed by atoms with E-state index in [0.29, 0.717) is 19.0 Å². The molecule has 2 aromatic heterocycles. The molecular formula is C17H15F3N4. The predicted molar refractivity (Wildman–Crippen MR) is 83.0 cm³/mol. The van der Waals surface area contributed by atoms with Crippen LogP contribution in [0.5, 0.6) is 0 Å². The van der Waals surface area contributed by atoms with E-state index in [9.17, 15) is 13.2 Å². The maximum atomic E-state index is 14.1. The van der Waals surface area contributed by atoms with Crippen LogP contribution >= 0.6 is 0 Å². The molecule has 2 N–H and O–H groups in total. The Balaban J connectivity index is 1.80. The zero-order valence-electron chi connectivity index (χ0n) is 12.9. The quantitative estimate of drug-likeness (QED) is 0.697. The van der Waals surface area contributed by atoms with Crippen LogP contribution in [-0.2, 0) is 13.0 Å². The largest absolute Gasteiger partial charge is 0.326 e. The third kappa shape index (κ3) is 2.27. The summed E-state index contributed by atoms with van der Waals surface area (Å²) in [6.07, 6.45) is 2.05. The molecule has 124 valence electrons. The van der Waals surface area contributed by atoms with Crippen molar-refractivity contribution in [2.45, 2.75) is 31.8 Å². The van der Waals surface area contributed by atoms with Gasteiger partial charge >= 0.3 is 0 Å². The summed E-state index contributed by atoms with van der Waals surface area (Å²) >= 11 is 0. The molecule has 1 aliphatic rings. The van der Waals surface area contributed by atoms with Crippen LogP contribution in [0.15, 0.2) is 24.4 Å². The van der Waals surface area contributed by atoms with Crippen LogP contribution in [0.4, 0.5) is 13.2 Å². The first-order valence-corrected chi connectivity index (χ1v) is 7.66. The van der Waals surface area contributed by atoms with Crippen molar-refractivity contribution in [3.8, 4) is 0 Å². The Kier molecular flexibility index (Phi) is 3.35. The van der Waals surface area contributed by atoms with Gasteiger partial charge in [0, 0.05) is 36.7 Å². The molecule has 1 unspecified atom stereocenters. The molecule has 3 heterocycles. The van der Waals surface area contributed by atoms with Gasteiger partial charge in [0.1, 0.15) is 17.2 Å². The summed E-state index contributed by atoms with van der Waals surface area (Å²) in [6.45, 7) is 2.32. The zero-order chi connectivity index (χ0) is 17.0. The topological polar surface area (TPSA) is 56.7 Å². The highest BCUT2D eigenvalue weighted by Gasteiger charge is 2.32. The summed E-state index contributed by atoms with van der Waals surface area (Å²) in [6, 6.07) is 2.97. The fourth-order valence-corrected chi connectivity index (χ4v) is 3.39. The van der Waals surface area contributed by atoms with Crippen LogP contribution < -0.4 is 5.73 Å². The summed E-state index contributed by atoms with van der Waals surface area (Å²) in [4.78, 5) is 8.75. The Labute approximate surface area is 136 Å². The number of hydrogen-bond acceptors (Lipinski definition) is 3. The average Bonchev–Trinajstić information content (AvgIpc) is 2.87. The third-order valence-corrected chi connectivity index (χ3v) is 4.60. The van der Waals surface area contributed by atoms with Gasteiger partial charge in [-0.2, -0.15) is 0 Å². The molecule has 0 amide bonds. The molecule has 4 rings (SSSR count). The summed E-state index contributed by atoms with van der Waals surface area (Å²) < 4.78 is 42.8. The second-order valence-electron chi connectivity index (χ2n) is 6.22. The lowest BCUT2D eigenvalue weighted by Gasteiger charge is -2.30. The molecule has 4 nitrogen and oxygen atoms in total. The number of benzene rings is 1. The van der Waals surface area contributed by atoms with E-state index in [2.05, 4.69) is 9.97 Å². The average molecular weight is 332 g/mol. The molecule has 0 saturated heterocycles. The summed E-state index contributed by atoms with van der Waals surface area (Å²) in [7, 11) is 0. The fraction of sp³-hybridized carbons (Fsp3) is 0.294. The van der Waals surface area contributed by atoms with Crippen LogP contribution in [0.1, 0.15) is 23.0 Å². The van der Waals surface area contributed by atoms with Crippen molar-refractivity contribution >= 4 is 11.0 Å². The minimum absolute atomic E-state index is 0.0917. The number of pyridine rings is 1. The standard InChI is InChI=1S/C17H15F3N4/c1-8-2-16-15(6-22-8)23-17-4-10(14(21)7-24(16)17)9-3-12(19)13(20)5-11(9)18/h2-3,5-6,10,14H,4,7,21H2,1H3/t10-,14?/m1/s1. The Bertz CT molecular complexity index is 951. The molecule has 3 aromatic rings. The summed E-state index contributed by atoms with van der Waals surface area (Å²) in [5, 5.41) is 0. The van der Waals surface area contributed by atoms with Crippen LogP contribution in [-0.4, -0.2) is 20.6 Å². The predicted octanol–water partition coefficient (Wildman–Crippen LogP) is 2.82. The molecule has 0 saturated carbocycles. The van der Waals surface area contributed by atoms with Gasteiger partial charge in [-0.05, 0) is 24.6 Å². The van der Waals surface area contributed by atoms with Crippen LogP contribution in [0.3, 0.4) is 0 Å². The molecule has 1 aliphatic heterocycles. The lowest BCUT2D eigenvalue weighted by molar-refractivity contribution is 0.391. The summed E-state index contributed by atoms with van der Waals surface area (Å²) in [5.74, 6) is -2.77. The summed E-state index contributed by atoms with van der Waals surface area (Å²) in [5.41, 5.74) is 8.86. The van der Waals surface area contributed by atoms with Gasteiger partial charge in [-0.1, -0.05) is 0 Å². The first-order valence-electron chi connectivity index (χ1n) is 7.66. The second-order valence-corrected chi connectivity index (χ2v) is 6.22. The van der Waals surface area contributed by atoms with Gasteiger partial charge in [-0.3, -0.25) is 4.98 Å². The number of nitrogens with zero attached hydrogens (tertiary/aromatic N) is 3. The van der Waals surface area contributed by atoms with Gasteiger partial charge in [-0.25, -0.2) is 18.2 Å². The normalized spacial score (nSPS) is 20.4. The van der Waals surface area contributed by atoms with E-state index in [4.69, 9.17) is 5.73 Å². The lowest BCUT2D eigenvalue weighted by atomic mass is 9.86. The number of nitrogens with two attached hydrogens (primary N) is 1. The molecule has 0 spiro atoms. The van der Waals surface area contributed by atoms with Crippen molar-refractivity contribution < 1.29 is 13.2 Å². The molecule has 7 heteroatoms. The number of imidazole rings is 1. The second kappa shape index (κ2) is 5.31. The van der Waals surface area contributed by atoms with E-state index in [0.717, 1.165) is 28.6 Å². The first kappa shape index (κ1) is 15.1. The highest BCUT2D eigenvalue weighted by Crippen LogP contribution is 2.33. The third-order valence-electron chi connectivity index (χ3n) is 4.60. The van der Waals surface area contributed by atoms with Crippen molar-refractivity contribution in [2.24, 2.45) is 5.73 Å². The smallest absolute Gasteiger partial charge is 0.161 e. The van der Waals surface area contributed by atoms with Crippen molar-refractivity contribution in [1.82, 2.24) is 14.5 Å². The Morgan fingerprint density at radius 1 is 1.12 bits per heavy atom. The van der Waals surface area contributed by atoms with E-state index < -0.39 is 29.4 Å². The van der Waals surface area contributed by atoms with Crippen molar-refractivity contribution in [1.29, 1.82) is 0 Å². The minimum Gasteiger partial charge on any atom is -0.326 e. The molecular weight excluding hydrogens is 317 g/mol.